The van der Waals surface area contributed by atoms with E-state index in [1.165, 1.54) is 0 Å². The average Bonchev–Trinajstić information content (AvgIpc) is 2.65. The van der Waals surface area contributed by atoms with Gasteiger partial charge in [-0.25, -0.2) is 0 Å². The largest absolute Gasteiger partial charge is 0.371 e. The van der Waals surface area contributed by atoms with Crippen molar-refractivity contribution < 1.29 is 4.79 Å². The molecule has 1 amide bonds. The van der Waals surface area contributed by atoms with E-state index in [4.69, 9.17) is 0 Å². The number of rotatable bonds is 4. The molecular formula is C13H18BrN3O. The molecule has 0 bridgehead atoms. The third kappa shape index (κ3) is 2.12. The lowest BCUT2D eigenvalue weighted by molar-refractivity contribution is -0.117. The van der Waals surface area contributed by atoms with E-state index in [-0.39, 0.29) is 11.9 Å². The molecule has 0 spiro atoms. The minimum atomic E-state index is -0.248. The highest BCUT2D eigenvalue weighted by Crippen LogP contribution is 2.38. The summed E-state index contributed by atoms with van der Waals surface area (Å²) in [4.78, 5) is 14.0. The average molecular weight is 312 g/mol. The molecule has 1 aromatic carbocycles. The quantitative estimate of drug-likeness (QED) is 0.898. The molecule has 0 aliphatic carbocycles. The molecule has 1 atom stereocenters. The Labute approximate surface area is 116 Å². The molecular weight excluding hydrogens is 294 g/mol. The molecule has 1 unspecified atom stereocenters. The number of amides is 1. The smallest absolute Gasteiger partial charge is 0.246 e. The van der Waals surface area contributed by atoms with Crippen molar-refractivity contribution in [2.24, 2.45) is 0 Å². The Morgan fingerprint density at radius 3 is 2.61 bits per heavy atom. The summed E-state index contributed by atoms with van der Waals surface area (Å²) in [6, 6.07) is 3.83. The Morgan fingerprint density at radius 2 is 2.06 bits per heavy atom. The molecule has 1 aliphatic heterocycles. The van der Waals surface area contributed by atoms with Crippen LogP contribution in [0.4, 0.5) is 11.4 Å². The molecule has 5 heteroatoms. The Bertz CT molecular complexity index is 472. The molecule has 4 nitrogen and oxygen atoms in total. The summed E-state index contributed by atoms with van der Waals surface area (Å²) in [6.07, 6.45) is 0. The van der Waals surface area contributed by atoms with Crippen LogP contribution in [0.15, 0.2) is 16.6 Å². The SMILES string of the molecule is CCN(CC)c1cc2c(cc1Br)C(NC)C(=O)N2. The van der Waals surface area contributed by atoms with E-state index >= 15 is 0 Å². The molecule has 1 heterocycles. The first-order valence-electron chi connectivity index (χ1n) is 6.18. The Hall–Kier alpha value is -1.07. The number of anilines is 2. The molecule has 0 radical (unpaired) electrons. The lowest BCUT2D eigenvalue weighted by atomic mass is 10.1. The number of hydrogen-bond donors (Lipinski definition) is 2. The summed E-state index contributed by atoms with van der Waals surface area (Å²) in [5, 5.41) is 5.95. The van der Waals surface area contributed by atoms with E-state index < -0.39 is 0 Å². The van der Waals surface area contributed by atoms with Gasteiger partial charge in [0.05, 0.1) is 5.69 Å². The second kappa shape index (κ2) is 5.28. The molecule has 0 saturated heterocycles. The molecule has 1 aliphatic rings. The van der Waals surface area contributed by atoms with Crippen LogP contribution in [0.2, 0.25) is 0 Å². The monoisotopic (exact) mass is 311 g/mol. The van der Waals surface area contributed by atoms with Crippen LogP contribution in [0, 0.1) is 0 Å². The van der Waals surface area contributed by atoms with E-state index in [1.54, 1.807) is 7.05 Å². The third-order valence-electron chi connectivity index (χ3n) is 3.34. The number of carbonyl (C=O) groups is 1. The fourth-order valence-corrected chi connectivity index (χ4v) is 2.98. The van der Waals surface area contributed by atoms with Crippen molar-refractivity contribution in [1.29, 1.82) is 0 Å². The Kier molecular flexibility index (Phi) is 3.92. The maximum atomic E-state index is 11.8. The number of nitrogens with one attached hydrogen (secondary N) is 2. The van der Waals surface area contributed by atoms with Crippen LogP contribution in [0.1, 0.15) is 25.5 Å². The number of halogens is 1. The lowest BCUT2D eigenvalue weighted by Crippen LogP contribution is -2.23. The molecule has 2 rings (SSSR count). The van der Waals surface area contributed by atoms with Gasteiger partial charge in [0.2, 0.25) is 5.91 Å². The zero-order valence-electron chi connectivity index (χ0n) is 10.9. The summed E-state index contributed by atoms with van der Waals surface area (Å²) >= 11 is 3.60. The van der Waals surface area contributed by atoms with Crippen molar-refractivity contribution in [2.75, 3.05) is 30.4 Å². The van der Waals surface area contributed by atoms with Crippen molar-refractivity contribution in [1.82, 2.24) is 5.32 Å². The summed E-state index contributed by atoms with van der Waals surface area (Å²) < 4.78 is 1.03. The number of likely N-dealkylation sites (N-methyl/N-ethyl adjacent to an activating group) is 1. The Morgan fingerprint density at radius 1 is 1.39 bits per heavy atom. The highest BCUT2D eigenvalue weighted by atomic mass is 79.9. The molecule has 1 aromatic rings. The number of hydrogen-bond acceptors (Lipinski definition) is 3. The molecule has 98 valence electrons. The normalized spacial score (nSPS) is 17.6. The van der Waals surface area contributed by atoms with Crippen LogP contribution < -0.4 is 15.5 Å². The molecule has 0 fully saturated rings. The summed E-state index contributed by atoms with van der Waals surface area (Å²) in [6.45, 7) is 6.13. The van der Waals surface area contributed by atoms with Gasteiger partial charge in [-0.3, -0.25) is 4.79 Å². The van der Waals surface area contributed by atoms with Crippen molar-refractivity contribution in [3.8, 4) is 0 Å². The van der Waals surface area contributed by atoms with Gasteiger partial charge in [0, 0.05) is 28.8 Å². The summed E-state index contributed by atoms with van der Waals surface area (Å²) in [7, 11) is 1.80. The number of carbonyl (C=O) groups excluding carboxylic acids is 1. The first kappa shape index (κ1) is 13.4. The molecule has 18 heavy (non-hydrogen) atoms. The predicted molar refractivity (Wildman–Crippen MR) is 78.1 cm³/mol. The van der Waals surface area contributed by atoms with Crippen LogP contribution in [0.25, 0.3) is 0 Å². The number of fused-ring (bicyclic) bond motifs is 1. The van der Waals surface area contributed by atoms with E-state index in [0.717, 1.165) is 34.5 Å². The van der Waals surface area contributed by atoms with Crippen molar-refractivity contribution in [3.63, 3.8) is 0 Å². The fourth-order valence-electron chi connectivity index (χ4n) is 2.36. The van der Waals surface area contributed by atoms with E-state index in [0.29, 0.717) is 0 Å². The topological polar surface area (TPSA) is 44.4 Å². The third-order valence-corrected chi connectivity index (χ3v) is 3.98. The molecule has 2 N–H and O–H groups in total. The van der Waals surface area contributed by atoms with E-state index in [9.17, 15) is 4.79 Å². The van der Waals surface area contributed by atoms with Gasteiger partial charge in [-0.1, -0.05) is 0 Å². The standard InChI is InChI=1S/C13H18BrN3O/c1-4-17(5-2)11-7-10-8(6-9(11)14)12(15-3)13(18)16-10/h6-7,12,15H,4-5H2,1-3H3,(H,16,18). The van der Waals surface area contributed by atoms with Gasteiger partial charge < -0.3 is 15.5 Å². The van der Waals surface area contributed by atoms with Crippen LogP contribution in [0.3, 0.4) is 0 Å². The highest BCUT2D eigenvalue weighted by Gasteiger charge is 2.30. The Balaban J connectivity index is 2.45. The summed E-state index contributed by atoms with van der Waals surface area (Å²) in [5.41, 5.74) is 3.03. The van der Waals surface area contributed by atoms with Gasteiger partial charge in [-0.15, -0.1) is 0 Å². The van der Waals surface area contributed by atoms with Gasteiger partial charge in [0.15, 0.2) is 0 Å². The zero-order chi connectivity index (χ0) is 13.3. The zero-order valence-corrected chi connectivity index (χ0v) is 12.5. The van der Waals surface area contributed by atoms with Crippen LogP contribution in [0.5, 0.6) is 0 Å². The minimum Gasteiger partial charge on any atom is -0.371 e. The summed E-state index contributed by atoms with van der Waals surface area (Å²) in [5.74, 6) is 0.0103. The van der Waals surface area contributed by atoms with Gasteiger partial charge in [0.1, 0.15) is 6.04 Å². The van der Waals surface area contributed by atoms with Crippen LogP contribution in [-0.4, -0.2) is 26.0 Å². The van der Waals surface area contributed by atoms with E-state index in [2.05, 4.69) is 45.3 Å². The first-order chi connectivity index (χ1) is 8.62. The maximum absolute atomic E-state index is 11.8. The molecule has 0 saturated carbocycles. The minimum absolute atomic E-state index is 0.0103. The number of nitrogens with zero attached hydrogens (tertiary/aromatic N) is 1. The van der Waals surface area contributed by atoms with Gasteiger partial charge in [-0.2, -0.15) is 0 Å². The second-order valence-corrected chi connectivity index (χ2v) is 5.13. The van der Waals surface area contributed by atoms with Crippen LogP contribution in [-0.2, 0) is 4.79 Å². The van der Waals surface area contributed by atoms with Crippen LogP contribution >= 0.6 is 15.9 Å². The highest BCUT2D eigenvalue weighted by molar-refractivity contribution is 9.10. The fraction of sp³-hybridized carbons (Fsp3) is 0.462. The number of benzene rings is 1. The first-order valence-corrected chi connectivity index (χ1v) is 6.98. The van der Waals surface area contributed by atoms with Crippen molar-refractivity contribution in [3.05, 3.63) is 22.2 Å². The van der Waals surface area contributed by atoms with Crippen molar-refractivity contribution in [2.45, 2.75) is 19.9 Å². The van der Waals surface area contributed by atoms with Gasteiger partial charge in [0.25, 0.3) is 0 Å². The van der Waals surface area contributed by atoms with Crippen molar-refractivity contribution >= 4 is 33.2 Å². The van der Waals surface area contributed by atoms with Gasteiger partial charge >= 0.3 is 0 Å². The lowest BCUT2D eigenvalue weighted by Gasteiger charge is -2.23. The van der Waals surface area contributed by atoms with E-state index in [1.807, 2.05) is 12.1 Å². The predicted octanol–water partition coefficient (Wildman–Crippen LogP) is 2.51. The van der Waals surface area contributed by atoms with Gasteiger partial charge in [-0.05, 0) is 49.0 Å². The molecule has 0 aromatic heterocycles. The maximum Gasteiger partial charge on any atom is 0.246 e. The second-order valence-electron chi connectivity index (χ2n) is 4.27.